The van der Waals surface area contributed by atoms with Crippen molar-refractivity contribution < 1.29 is 23.8 Å². The normalized spacial score (nSPS) is 10.5. The van der Waals surface area contributed by atoms with E-state index in [4.69, 9.17) is 14.3 Å². The number of benzene rings is 1. The van der Waals surface area contributed by atoms with Gasteiger partial charge in [0.25, 0.3) is 0 Å². The zero-order valence-corrected chi connectivity index (χ0v) is 13.1. The van der Waals surface area contributed by atoms with Gasteiger partial charge in [-0.15, -0.1) is 0 Å². The molecule has 0 atom stereocenters. The van der Waals surface area contributed by atoms with Gasteiger partial charge in [-0.25, -0.2) is 9.59 Å². The van der Waals surface area contributed by atoms with Gasteiger partial charge in [-0.05, 0) is 23.8 Å². The van der Waals surface area contributed by atoms with Crippen LogP contribution >= 0.6 is 0 Å². The molecule has 1 aromatic carbocycles. The fraction of sp³-hybridized carbons (Fsp3) is 0.294. The fourth-order valence-corrected chi connectivity index (χ4v) is 2.21. The predicted octanol–water partition coefficient (Wildman–Crippen LogP) is 2.62. The van der Waals surface area contributed by atoms with E-state index in [1.807, 2.05) is 6.92 Å². The number of carbonyl (C=O) groups is 2. The van der Waals surface area contributed by atoms with E-state index in [2.05, 4.69) is 5.32 Å². The molecule has 0 fully saturated rings. The van der Waals surface area contributed by atoms with Crippen LogP contribution in [0.5, 0.6) is 0 Å². The Morgan fingerprint density at radius 2 is 1.91 bits per heavy atom. The van der Waals surface area contributed by atoms with Gasteiger partial charge in [0.1, 0.15) is 17.1 Å². The van der Waals surface area contributed by atoms with Crippen molar-refractivity contribution in [2.75, 3.05) is 7.11 Å². The monoisotopic (exact) mass is 317 g/mol. The number of nitrogens with one attached hydrogen (secondary N) is 1. The molecule has 0 unspecified atom stereocenters. The molecule has 0 aliphatic rings. The number of aromatic carboxylic acids is 1. The van der Waals surface area contributed by atoms with Gasteiger partial charge < -0.3 is 19.6 Å². The lowest BCUT2D eigenvalue weighted by Crippen LogP contribution is -2.12. The number of carboxylic acid groups (broad SMARTS) is 1. The molecule has 0 amide bonds. The number of furan rings is 1. The lowest BCUT2D eigenvalue weighted by atomic mass is 10.1. The maximum atomic E-state index is 11.6. The topological polar surface area (TPSA) is 88.8 Å². The minimum absolute atomic E-state index is 0.259. The highest BCUT2D eigenvalue weighted by atomic mass is 16.5. The highest BCUT2D eigenvalue weighted by Gasteiger charge is 2.16. The summed E-state index contributed by atoms with van der Waals surface area (Å²) in [7, 11) is 1.34. The van der Waals surface area contributed by atoms with E-state index in [9.17, 15) is 9.59 Å². The number of esters is 1. The molecule has 0 bridgehead atoms. The van der Waals surface area contributed by atoms with Crippen LogP contribution in [0.25, 0.3) is 0 Å². The first-order valence-corrected chi connectivity index (χ1v) is 7.28. The first kappa shape index (κ1) is 16.8. The molecular formula is C17H19NO5. The van der Waals surface area contributed by atoms with Crippen LogP contribution in [0.15, 0.2) is 34.7 Å². The molecule has 0 aliphatic carbocycles. The van der Waals surface area contributed by atoms with Gasteiger partial charge in [-0.3, -0.25) is 0 Å². The summed E-state index contributed by atoms with van der Waals surface area (Å²) in [5.74, 6) is -0.0764. The second-order valence-corrected chi connectivity index (χ2v) is 5.00. The van der Waals surface area contributed by atoms with Crippen LogP contribution in [-0.4, -0.2) is 24.2 Å². The number of carboxylic acids is 1. The minimum Gasteiger partial charge on any atom is -0.478 e. The van der Waals surface area contributed by atoms with Gasteiger partial charge in [-0.2, -0.15) is 0 Å². The van der Waals surface area contributed by atoms with E-state index >= 15 is 0 Å². The van der Waals surface area contributed by atoms with E-state index < -0.39 is 11.9 Å². The highest BCUT2D eigenvalue weighted by Crippen LogP contribution is 2.17. The summed E-state index contributed by atoms with van der Waals surface area (Å²) >= 11 is 0. The maximum absolute atomic E-state index is 11.6. The number of hydrogen-bond acceptors (Lipinski definition) is 5. The van der Waals surface area contributed by atoms with Gasteiger partial charge in [0.2, 0.25) is 0 Å². The number of rotatable bonds is 7. The second kappa shape index (κ2) is 7.60. The van der Waals surface area contributed by atoms with Crippen molar-refractivity contribution in [2.45, 2.75) is 26.4 Å². The van der Waals surface area contributed by atoms with Crippen molar-refractivity contribution in [3.05, 3.63) is 58.5 Å². The third-order valence-electron chi connectivity index (χ3n) is 3.42. The summed E-state index contributed by atoms with van der Waals surface area (Å²) in [5, 5.41) is 12.0. The molecule has 0 radical (unpaired) electrons. The van der Waals surface area contributed by atoms with Crippen LogP contribution in [0.2, 0.25) is 0 Å². The number of methoxy groups -OCH3 is 1. The zero-order valence-electron chi connectivity index (χ0n) is 13.1. The van der Waals surface area contributed by atoms with Gasteiger partial charge in [0, 0.05) is 13.0 Å². The lowest BCUT2D eigenvalue weighted by molar-refractivity contribution is 0.0597. The van der Waals surface area contributed by atoms with Crippen molar-refractivity contribution in [2.24, 2.45) is 0 Å². The number of hydrogen-bond donors (Lipinski definition) is 2. The third-order valence-corrected chi connectivity index (χ3v) is 3.42. The molecule has 2 N–H and O–H groups in total. The Balaban J connectivity index is 1.94. The van der Waals surface area contributed by atoms with E-state index in [0.29, 0.717) is 36.6 Å². The Hall–Kier alpha value is -2.60. The summed E-state index contributed by atoms with van der Waals surface area (Å²) < 4.78 is 10.4. The molecule has 1 aromatic heterocycles. The Morgan fingerprint density at radius 3 is 2.48 bits per heavy atom. The fourth-order valence-electron chi connectivity index (χ4n) is 2.21. The quantitative estimate of drug-likeness (QED) is 0.763. The average molecular weight is 317 g/mol. The number of ether oxygens (including phenoxy) is 1. The molecule has 0 spiro atoms. The molecule has 0 aliphatic heterocycles. The summed E-state index contributed by atoms with van der Waals surface area (Å²) in [5.41, 5.74) is 1.68. The molecule has 0 saturated heterocycles. The molecule has 6 nitrogen and oxygen atoms in total. The Bertz CT molecular complexity index is 688. The standard InChI is InChI=1S/C17H19NO5/c1-3-15-14(17(21)22-2)8-13(23-15)10-18-9-11-4-6-12(7-5-11)16(19)20/h4-8,18H,3,9-10H2,1-2H3,(H,19,20). The minimum atomic E-state index is -0.942. The van der Waals surface area contributed by atoms with Crippen LogP contribution < -0.4 is 5.32 Å². The van der Waals surface area contributed by atoms with Gasteiger partial charge in [0.05, 0.1) is 19.2 Å². The first-order chi connectivity index (χ1) is 11.0. The number of carbonyl (C=O) groups excluding carboxylic acids is 1. The van der Waals surface area contributed by atoms with Gasteiger partial charge in [0.15, 0.2) is 0 Å². The molecule has 23 heavy (non-hydrogen) atoms. The van der Waals surface area contributed by atoms with E-state index in [-0.39, 0.29) is 5.56 Å². The average Bonchev–Trinajstić information content (AvgIpc) is 2.98. The van der Waals surface area contributed by atoms with Crippen LogP contribution in [0.4, 0.5) is 0 Å². The summed E-state index contributed by atoms with van der Waals surface area (Å²) in [6, 6.07) is 8.34. The summed E-state index contributed by atoms with van der Waals surface area (Å²) in [6.45, 7) is 2.94. The highest BCUT2D eigenvalue weighted by molar-refractivity contribution is 5.90. The van der Waals surface area contributed by atoms with Crippen molar-refractivity contribution in [3.8, 4) is 0 Å². The zero-order chi connectivity index (χ0) is 16.8. The van der Waals surface area contributed by atoms with Crippen molar-refractivity contribution in [1.29, 1.82) is 0 Å². The van der Waals surface area contributed by atoms with E-state index in [1.165, 1.54) is 7.11 Å². The third kappa shape index (κ3) is 4.20. The van der Waals surface area contributed by atoms with Crippen LogP contribution in [0, 0.1) is 0 Å². The van der Waals surface area contributed by atoms with Crippen molar-refractivity contribution in [1.82, 2.24) is 5.32 Å². The maximum Gasteiger partial charge on any atom is 0.341 e. The van der Waals surface area contributed by atoms with Crippen LogP contribution in [0.3, 0.4) is 0 Å². The largest absolute Gasteiger partial charge is 0.478 e. The molecular weight excluding hydrogens is 298 g/mol. The molecule has 0 saturated carbocycles. The van der Waals surface area contributed by atoms with Crippen LogP contribution in [0.1, 0.15) is 44.7 Å². The summed E-state index contributed by atoms with van der Waals surface area (Å²) in [4.78, 5) is 22.4. The SMILES string of the molecule is CCc1oc(CNCc2ccc(C(=O)O)cc2)cc1C(=O)OC. The van der Waals surface area contributed by atoms with Gasteiger partial charge in [-0.1, -0.05) is 19.1 Å². The molecule has 6 heteroatoms. The van der Waals surface area contributed by atoms with Gasteiger partial charge >= 0.3 is 11.9 Å². The van der Waals surface area contributed by atoms with Crippen LogP contribution in [-0.2, 0) is 24.2 Å². The van der Waals surface area contributed by atoms with E-state index in [0.717, 1.165) is 5.56 Å². The molecule has 2 rings (SSSR count). The number of aryl methyl sites for hydroxylation is 1. The Kier molecular flexibility index (Phi) is 5.54. The van der Waals surface area contributed by atoms with Crippen molar-refractivity contribution >= 4 is 11.9 Å². The Morgan fingerprint density at radius 1 is 1.22 bits per heavy atom. The summed E-state index contributed by atoms with van der Waals surface area (Å²) in [6.07, 6.45) is 0.612. The first-order valence-electron chi connectivity index (χ1n) is 7.28. The predicted molar refractivity (Wildman–Crippen MR) is 83.4 cm³/mol. The van der Waals surface area contributed by atoms with E-state index in [1.54, 1.807) is 30.3 Å². The van der Waals surface area contributed by atoms with Crippen molar-refractivity contribution in [3.63, 3.8) is 0 Å². The second-order valence-electron chi connectivity index (χ2n) is 5.00. The molecule has 1 heterocycles. The Labute approximate surface area is 134 Å². The molecule has 122 valence electrons. The lowest BCUT2D eigenvalue weighted by Gasteiger charge is -2.03. The molecule has 2 aromatic rings. The smallest absolute Gasteiger partial charge is 0.341 e.